The number of aromatic nitrogens is 2. The zero-order valence-electron chi connectivity index (χ0n) is 15.1. The molecule has 0 aliphatic heterocycles. The number of guanidine groups is 1. The number of hydrogen-bond acceptors (Lipinski definition) is 2. The third-order valence-corrected chi connectivity index (χ3v) is 3.82. The molecule has 3 rings (SSSR count). The molecule has 27 heavy (non-hydrogen) atoms. The van der Waals surface area contributed by atoms with Gasteiger partial charge in [-0.1, -0.05) is 24.3 Å². The van der Waals surface area contributed by atoms with Crippen LogP contribution in [0.15, 0.2) is 72.0 Å². The number of halogens is 2. The van der Waals surface area contributed by atoms with Crippen LogP contribution in [0.4, 0.5) is 4.39 Å². The molecule has 1 heterocycles. The summed E-state index contributed by atoms with van der Waals surface area (Å²) in [4.78, 5) is 4.63. The summed E-state index contributed by atoms with van der Waals surface area (Å²) in [5.74, 6) is 0.493. The van der Waals surface area contributed by atoms with Gasteiger partial charge in [0.1, 0.15) is 5.82 Å². The highest BCUT2D eigenvalue weighted by atomic mass is 127. The molecule has 142 valence electrons. The molecule has 0 bridgehead atoms. The van der Waals surface area contributed by atoms with Crippen molar-refractivity contribution in [2.24, 2.45) is 4.99 Å². The molecule has 7 heteroatoms. The van der Waals surface area contributed by atoms with Gasteiger partial charge in [-0.2, -0.15) is 5.10 Å². The monoisotopic (exact) mass is 479 g/mol. The van der Waals surface area contributed by atoms with Crippen molar-refractivity contribution in [3.05, 3.63) is 83.9 Å². The predicted molar refractivity (Wildman–Crippen MR) is 117 cm³/mol. The van der Waals surface area contributed by atoms with Gasteiger partial charge in [0.05, 0.1) is 12.2 Å². The molecule has 1 aromatic heterocycles. The summed E-state index contributed by atoms with van der Waals surface area (Å²) in [5.41, 5.74) is 3.10. The number of hydrogen-bond donors (Lipinski definition) is 2. The van der Waals surface area contributed by atoms with E-state index in [-0.39, 0.29) is 29.8 Å². The first-order valence-corrected chi connectivity index (χ1v) is 8.60. The van der Waals surface area contributed by atoms with Crippen LogP contribution < -0.4 is 10.6 Å². The molecule has 0 radical (unpaired) electrons. The van der Waals surface area contributed by atoms with Crippen molar-refractivity contribution >= 4 is 29.9 Å². The van der Waals surface area contributed by atoms with Crippen LogP contribution in [-0.4, -0.2) is 22.3 Å². The van der Waals surface area contributed by atoms with Gasteiger partial charge in [0, 0.05) is 25.5 Å². The molecule has 0 saturated heterocycles. The Kier molecular flexibility index (Phi) is 8.25. The SMILES string of the molecule is CCNC(=NCc1cccc(-n2cccn2)c1)NCc1ccc(F)cc1.I. The average molecular weight is 479 g/mol. The number of benzene rings is 2. The summed E-state index contributed by atoms with van der Waals surface area (Å²) in [6, 6.07) is 16.5. The van der Waals surface area contributed by atoms with Crippen molar-refractivity contribution in [2.45, 2.75) is 20.0 Å². The largest absolute Gasteiger partial charge is 0.357 e. The summed E-state index contributed by atoms with van der Waals surface area (Å²) in [7, 11) is 0. The summed E-state index contributed by atoms with van der Waals surface area (Å²) in [6.07, 6.45) is 3.67. The maximum atomic E-state index is 13.0. The van der Waals surface area contributed by atoms with Gasteiger partial charge in [-0.15, -0.1) is 24.0 Å². The minimum absolute atomic E-state index is 0. The molecule has 0 aliphatic rings. The van der Waals surface area contributed by atoms with Crippen molar-refractivity contribution < 1.29 is 4.39 Å². The first-order valence-electron chi connectivity index (χ1n) is 8.60. The van der Waals surface area contributed by atoms with Crippen LogP contribution in [0.2, 0.25) is 0 Å². The van der Waals surface area contributed by atoms with E-state index >= 15 is 0 Å². The Labute approximate surface area is 175 Å². The third-order valence-electron chi connectivity index (χ3n) is 3.82. The molecule has 0 atom stereocenters. The van der Waals surface area contributed by atoms with E-state index in [1.54, 1.807) is 18.3 Å². The van der Waals surface area contributed by atoms with E-state index < -0.39 is 0 Å². The number of nitrogens with zero attached hydrogens (tertiary/aromatic N) is 3. The quantitative estimate of drug-likeness (QED) is 0.321. The molecule has 0 spiro atoms. The molecule has 2 aromatic carbocycles. The Bertz CT molecular complexity index is 847. The maximum Gasteiger partial charge on any atom is 0.191 e. The fraction of sp³-hybridized carbons (Fsp3) is 0.200. The van der Waals surface area contributed by atoms with E-state index in [9.17, 15) is 4.39 Å². The van der Waals surface area contributed by atoms with E-state index in [2.05, 4.69) is 26.8 Å². The van der Waals surface area contributed by atoms with Crippen molar-refractivity contribution in [1.82, 2.24) is 20.4 Å². The van der Waals surface area contributed by atoms with Crippen LogP contribution in [0, 0.1) is 5.82 Å². The molecule has 0 amide bonds. The summed E-state index contributed by atoms with van der Waals surface area (Å²) in [6.45, 7) is 3.92. The van der Waals surface area contributed by atoms with Gasteiger partial charge >= 0.3 is 0 Å². The standard InChI is InChI=1S/C20H22FN5.HI/c1-2-22-20(23-14-16-7-9-18(21)10-8-16)24-15-17-5-3-6-19(13-17)26-12-4-11-25-26;/h3-13H,2,14-15H2,1H3,(H2,22,23,24);1H. The van der Waals surface area contributed by atoms with Crippen molar-refractivity contribution in [1.29, 1.82) is 0 Å². The average Bonchev–Trinajstić information content (AvgIpc) is 3.20. The molecule has 0 aliphatic carbocycles. The lowest BCUT2D eigenvalue weighted by Gasteiger charge is -2.11. The van der Waals surface area contributed by atoms with E-state index in [1.165, 1.54) is 12.1 Å². The lowest BCUT2D eigenvalue weighted by atomic mass is 10.2. The Morgan fingerprint density at radius 3 is 2.59 bits per heavy atom. The Hall–Kier alpha value is -2.42. The van der Waals surface area contributed by atoms with Crippen molar-refractivity contribution in [3.8, 4) is 5.69 Å². The Balaban J connectivity index is 0.00000261. The molecule has 0 saturated carbocycles. The summed E-state index contributed by atoms with van der Waals surface area (Å²) < 4.78 is 14.8. The summed E-state index contributed by atoms with van der Waals surface area (Å²) in [5, 5.41) is 10.7. The molecule has 0 unspecified atom stereocenters. The van der Waals surface area contributed by atoms with Gasteiger partial charge < -0.3 is 10.6 Å². The van der Waals surface area contributed by atoms with E-state index in [0.717, 1.165) is 29.3 Å². The van der Waals surface area contributed by atoms with E-state index in [0.29, 0.717) is 13.1 Å². The second kappa shape index (κ2) is 10.7. The number of rotatable bonds is 6. The molecule has 2 N–H and O–H groups in total. The normalized spacial score (nSPS) is 11.0. The smallest absolute Gasteiger partial charge is 0.191 e. The van der Waals surface area contributed by atoms with Crippen LogP contribution in [0.5, 0.6) is 0 Å². The van der Waals surface area contributed by atoms with Crippen LogP contribution in [0.1, 0.15) is 18.1 Å². The molecule has 5 nitrogen and oxygen atoms in total. The lowest BCUT2D eigenvalue weighted by Crippen LogP contribution is -2.36. The highest BCUT2D eigenvalue weighted by Crippen LogP contribution is 2.10. The van der Waals surface area contributed by atoms with Crippen LogP contribution in [-0.2, 0) is 13.1 Å². The van der Waals surface area contributed by atoms with E-state index in [4.69, 9.17) is 0 Å². The van der Waals surface area contributed by atoms with Gasteiger partial charge in [-0.05, 0) is 48.4 Å². The second-order valence-corrected chi connectivity index (χ2v) is 5.80. The van der Waals surface area contributed by atoms with Crippen LogP contribution in [0.3, 0.4) is 0 Å². The van der Waals surface area contributed by atoms with Gasteiger partial charge in [0.15, 0.2) is 5.96 Å². The fourth-order valence-electron chi connectivity index (χ4n) is 2.52. The zero-order valence-corrected chi connectivity index (χ0v) is 17.4. The van der Waals surface area contributed by atoms with Gasteiger partial charge in [-0.25, -0.2) is 14.1 Å². The molecular weight excluding hydrogens is 456 g/mol. The first kappa shape index (κ1) is 20.9. The minimum Gasteiger partial charge on any atom is -0.357 e. The van der Waals surface area contributed by atoms with Gasteiger partial charge in [0.25, 0.3) is 0 Å². The number of nitrogens with one attached hydrogen (secondary N) is 2. The van der Waals surface area contributed by atoms with Gasteiger partial charge in [0.2, 0.25) is 0 Å². The van der Waals surface area contributed by atoms with Crippen molar-refractivity contribution in [3.63, 3.8) is 0 Å². The zero-order chi connectivity index (χ0) is 18.2. The maximum absolute atomic E-state index is 13.0. The Morgan fingerprint density at radius 2 is 1.89 bits per heavy atom. The topological polar surface area (TPSA) is 54.2 Å². The number of aliphatic imine (C=N–C) groups is 1. The Morgan fingerprint density at radius 1 is 1.07 bits per heavy atom. The summed E-state index contributed by atoms with van der Waals surface area (Å²) >= 11 is 0. The van der Waals surface area contributed by atoms with Crippen LogP contribution in [0.25, 0.3) is 5.69 Å². The van der Waals surface area contributed by atoms with Crippen molar-refractivity contribution in [2.75, 3.05) is 6.54 Å². The molecule has 3 aromatic rings. The van der Waals surface area contributed by atoms with Crippen LogP contribution >= 0.6 is 24.0 Å². The highest BCUT2D eigenvalue weighted by Gasteiger charge is 2.01. The minimum atomic E-state index is -0.230. The molecular formula is C20H23FIN5. The first-order chi connectivity index (χ1) is 12.7. The lowest BCUT2D eigenvalue weighted by molar-refractivity contribution is 0.626. The fourth-order valence-corrected chi connectivity index (χ4v) is 2.52. The molecule has 0 fully saturated rings. The second-order valence-electron chi connectivity index (χ2n) is 5.80. The van der Waals surface area contributed by atoms with E-state index in [1.807, 2.05) is 42.1 Å². The third kappa shape index (κ3) is 6.35. The van der Waals surface area contributed by atoms with Gasteiger partial charge in [-0.3, -0.25) is 0 Å². The predicted octanol–water partition coefficient (Wildman–Crippen LogP) is 3.88. The highest BCUT2D eigenvalue weighted by molar-refractivity contribution is 14.0.